The van der Waals surface area contributed by atoms with Gasteiger partial charge in [0.1, 0.15) is 35.9 Å². The maximum atomic E-state index is 10.7. The largest absolute Gasteiger partial charge is 0.504 e. The van der Waals surface area contributed by atoms with Crippen LogP contribution in [0.15, 0.2) is 30.3 Å². The second kappa shape index (κ2) is 9.62. The third-order valence-corrected chi connectivity index (χ3v) is 6.04. The fourth-order valence-electron chi connectivity index (χ4n) is 4.18. The average Bonchev–Trinajstić information content (AvgIpc) is 2.83. The Labute approximate surface area is 190 Å². The van der Waals surface area contributed by atoms with Crippen LogP contribution in [0, 0.1) is 0 Å². The van der Waals surface area contributed by atoms with E-state index >= 15 is 0 Å². The third kappa shape index (κ3) is 4.40. The number of aromatic hydroxyl groups is 1. The first kappa shape index (κ1) is 23.4. The van der Waals surface area contributed by atoms with Crippen molar-refractivity contribution in [3.05, 3.63) is 41.5 Å². The van der Waals surface area contributed by atoms with E-state index < -0.39 is 37.3 Å². The highest BCUT2D eigenvalue weighted by atomic mass is 16.7. The zero-order chi connectivity index (χ0) is 23.7. The number of methoxy groups -OCH3 is 2. The Balaban J connectivity index is 1.50. The van der Waals surface area contributed by atoms with Crippen LogP contribution in [0.25, 0.3) is 0 Å². The molecule has 0 amide bonds. The molecule has 0 radical (unpaired) electrons. The summed E-state index contributed by atoms with van der Waals surface area (Å²) in [6.45, 7) is -0.234. The fraction of sp³-hybridized carbons (Fsp3) is 0.478. The van der Waals surface area contributed by atoms with Gasteiger partial charge >= 0.3 is 0 Å². The summed E-state index contributed by atoms with van der Waals surface area (Å²) >= 11 is 0. The standard InChI is InChI=1S/C23H28O10/c1-29-15-6-5-14(18(25)22(15)30-2)12-7-11-3-4-13(8-16(11)31-10-12)32-23-21(28)20(27)19(26)17(9-24)33-23/h3-6,8,12,17,19-21,23-28H,7,9-10H2,1-2H3/t12-,17-,19-,20+,21-,23-/m0/s1. The van der Waals surface area contributed by atoms with Gasteiger partial charge in [-0.25, -0.2) is 0 Å². The summed E-state index contributed by atoms with van der Waals surface area (Å²) in [7, 11) is 2.96. The zero-order valence-corrected chi connectivity index (χ0v) is 18.2. The van der Waals surface area contributed by atoms with Crippen LogP contribution in [0.5, 0.6) is 28.7 Å². The van der Waals surface area contributed by atoms with E-state index in [9.17, 15) is 25.5 Å². The highest BCUT2D eigenvalue weighted by molar-refractivity contribution is 5.57. The summed E-state index contributed by atoms with van der Waals surface area (Å²) in [4.78, 5) is 0. The van der Waals surface area contributed by atoms with Crippen LogP contribution in [0.1, 0.15) is 17.0 Å². The summed E-state index contributed by atoms with van der Waals surface area (Å²) < 4.78 is 27.5. The molecule has 0 spiro atoms. The Morgan fingerprint density at radius 2 is 1.79 bits per heavy atom. The Morgan fingerprint density at radius 1 is 1.00 bits per heavy atom. The van der Waals surface area contributed by atoms with Crippen LogP contribution in [0.4, 0.5) is 0 Å². The highest BCUT2D eigenvalue weighted by Gasteiger charge is 2.44. The van der Waals surface area contributed by atoms with Crippen molar-refractivity contribution in [2.45, 2.75) is 43.0 Å². The normalized spacial score (nSPS) is 29.0. The molecule has 0 unspecified atom stereocenters. The van der Waals surface area contributed by atoms with Gasteiger partial charge in [0.2, 0.25) is 12.0 Å². The van der Waals surface area contributed by atoms with Crippen molar-refractivity contribution in [2.75, 3.05) is 27.4 Å². The Morgan fingerprint density at radius 3 is 2.48 bits per heavy atom. The van der Waals surface area contributed by atoms with Gasteiger partial charge in [-0.3, -0.25) is 0 Å². The monoisotopic (exact) mass is 464 g/mol. The molecule has 33 heavy (non-hydrogen) atoms. The van der Waals surface area contributed by atoms with Gasteiger partial charge < -0.3 is 49.2 Å². The summed E-state index contributed by atoms with van der Waals surface area (Å²) in [6.07, 6.45) is -6.22. The molecular weight excluding hydrogens is 436 g/mol. The molecule has 10 nitrogen and oxygen atoms in total. The first-order valence-corrected chi connectivity index (χ1v) is 10.5. The number of phenols is 1. The second-order valence-electron chi connectivity index (χ2n) is 8.04. The summed E-state index contributed by atoms with van der Waals surface area (Å²) in [5, 5.41) is 50.0. The van der Waals surface area contributed by atoms with Crippen molar-refractivity contribution in [1.29, 1.82) is 0 Å². The van der Waals surface area contributed by atoms with Crippen molar-refractivity contribution in [2.24, 2.45) is 0 Å². The summed E-state index contributed by atoms with van der Waals surface area (Å²) in [5.41, 5.74) is 1.57. The van der Waals surface area contributed by atoms with E-state index in [1.165, 1.54) is 14.2 Å². The van der Waals surface area contributed by atoms with E-state index in [4.69, 9.17) is 23.7 Å². The minimum Gasteiger partial charge on any atom is -0.504 e. The lowest BCUT2D eigenvalue weighted by molar-refractivity contribution is -0.277. The molecule has 1 fully saturated rings. The van der Waals surface area contributed by atoms with Crippen molar-refractivity contribution in [3.63, 3.8) is 0 Å². The molecule has 0 bridgehead atoms. The van der Waals surface area contributed by atoms with Crippen molar-refractivity contribution < 1.29 is 49.2 Å². The van der Waals surface area contributed by atoms with Crippen LogP contribution in [0.2, 0.25) is 0 Å². The smallest absolute Gasteiger partial charge is 0.229 e. The van der Waals surface area contributed by atoms with Gasteiger partial charge in [-0.15, -0.1) is 0 Å². The van der Waals surface area contributed by atoms with Gasteiger partial charge in [0.25, 0.3) is 0 Å². The predicted molar refractivity (Wildman–Crippen MR) is 114 cm³/mol. The van der Waals surface area contributed by atoms with Crippen molar-refractivity contribution in [1.82, 2.24) is 0 Å². The van der Waals surface area contributed by atoms with Crippen LogP contribution < -0.4 is 18.9 Å². The first-order valence-electron chi connectivity index (χ1n) is 10.5. The molecule has 4 rings (SSSR count). The summed E-state index contributed by atoms with van der Waals surface area (Å²) in [6, 6.07) is 8.63. The van der Waals surface area contributed by atoms with E-state index in [0.29, 0.717) is 35.8 Å². The lowest BCUT2D eigenvalue weighted by Crippen LogP contribution is -2.60. The molecule has 1 saturated heterocycles. The first-order chi connectivity index (χ1) is 15.9. The molecule has 6 atom stereocenters. The molecule has 0 aromatic heterocycles. The predicted octanol–water partition coefficient (Wildman–Crippen LogP) is 0.307. The van der Waals surface area contributed by atoms with E-state index in [2.05, 4.69) is 0 Å². The van der Waals surface area contributed by atoms with Gasteiger partial charge in [-0.2, -0.15) is 0 Å². The Hall–Kier alpha value is -2.76. The van der Waals surface area contributed by atoms with Crippen molar-refractivity contribution in [3.8, 4) is 28.7 Å². The maximum absolute atomic E-state index is 10.7. The summed E-state index contributed by atoms with van der Waals surface area (Å²) in [5.74, 6) is 1.50. The SMILES string of the molecule is COc1ccc([C@@H]2COc3cc(O[C@H]4O[C@@H](CO)[C@H](O)[C@@H](O)[C@@H]4O)ccc3C2)c(O)c1OC. The molecule has 180 valence electrons. The molecule has 2 aliphatic rings. The number of aliphatic hydroxyl groups is 4. The molecule has 2 aromatic rings. The lowest BCUT2D eigenvalue weighted by atomic mass is 9.89. The lowest BCUT2D eigenvalue weighted by Gasteiger charge is -2.39. The molecule has 2 aliphatic heterocycles. The van der Waals surface area contributed by atoms with Gasteiger partial charge in [0.05, 0.1) is 27.4 Å². The number of fused-ring (bicyclic) bond motifs is 1. The average molecular weight is 464 g/mol. The number of aliphatic hydroxyl groups excluding tert-OH is 4. The Bertz CT molecular complexity index is 978. The molecule has 0 saturated carbocycles. The number of benzene rings is 2. The molecule has 0 aliphatic carbocycles. The second-order valence-corrected chi connectivity index (χ2v) is 8.04. The topological polar surface area (TPSA) is 147 Å². The van der Waals surface area contributed by atoms with Crippen LogP contribution in [0.3, 0.4) is 0 Å². The molecular formula is C23H28O10. The maximum Gasteiger partial charge on any atom is 0.229 e. The van der Waals surface area contributed by atoms with E-state index in [0.717, 1.165) is 5.56 Å². The third-order valence-electron chi connectivity index (χ3n) is 6.04. The van der Waals surface area contributed by atoms with Gasteiger partial charge in [0.15, 0.2) is 11.5 Å². The van der Waals surface area contributed by atoms with Crippen LogP contribution in [-0.4, -0.2) is 83.7 Å². The quantitative estimate of drug-likeness (QED) is 0.405. The van der Waals surface area contributed by atoms with E-state index in [1.807, 2.05) is 0 Å². The zero-order valence-electron chi connectivity index (χ0n) is 18.2. The minimum atomic E-state index is -1.52. The number of rotatable bonds is 6. The molecule has 5 N–H and O–H groups in total. The molecule has 10 heteroatoms. The van der Waals surface area contributed by atoms with E-state index in [-0.39, 0.29) is 17.4 Å². The number of phenolic OH excluding ortho intramolecular Hbond substituents is 1. The van der Waals surface area contributed by atoms with Crippen LogP contribution >= 0.6 is 0 Å². The minimum absolute atomic E-state index is 0.0106. The van der Waals surface area contributed by atoms with Crippen LogP contribution in [-0.2, 0) is 11.2 Å². The Kier molecular flexibility index (Phi) is 6.82. The van der Waals surface area contributed by atoms with Gasteiger partial charge in [-0.1, -0.05) is 12.1 Å². The van der Waals surface area contributed by atoms with Crippen molar-refractivity contribution >= 4 is 0 Å². The number of hydrogen-bond acceptors (Lipinski definition) is 10. The highest BCUT2D eigenvalue weighted by Crippen LogP contribution is 2.44. The van der Waals surface area contributed by atoms with E-state index in [1.54, 1.807) is 30.3 Å². The molecule has 2 aromatic carbocycles. The number of hydrogen-bond donors (Lipinski definition) is 5. The van der Waals surface area contributed by atoms with Gasteiger partial charge in [0, 0.05) is 17.5 Å². The van der Waals surface area contributed by atoms with Gasteiger partial charge in [-0.05, 0) is 24.1 Å². The molecule has 2 heterocycles. The number of ether oxygens (including phenoxy) is 5. The fourth-order valence-corrected chi connectivity index (χ4v) is 4.18.